The standard InChI is InChI=1S/C23H27FN2O.ClH/c1-16-13-25-15-20-7-6-18(12-22(16)20)14-26-17(2)4-3-5-23(27)19-8-10-21(24)11-9-19;/h6-13,15,17,23,26-27H,3-5,14H2,1-2H3;1H/t17-,23?;/m1./s1. The van der Waals surface area contributed by atoms with Gasteiger partial charge in [-0.1, -0.05) is 24.3 Å². The van der Waals surface area contributed by atoms with Crippen LogP contribution in [0.25, 0.3) is 10.8 Å². The van der Waals surface area contributed by atoms with Crippen molar-refractivity contribution in [3.8, 4) is 0 Å². The minimum Gasteiger partial charge on any atom is -0.388 e. The van der Waals surface area contributed by atoms with Crippen molar-refractivity contribution >= 4 is 23.2 Å². The normalized spacial score (nSPS) is 13.1. The van der Waals surface area contributed by atoms with Gasteiger partial charge in [0.15, 0.2) is 0 Å². The van der Waals surface area contributed by atoms with Crippen LogP contribution >= 0.6 is 12.4 Å². The molecule has 1 heterocycles. The Bertz CT molecular complexity index is 885. The van der Waals surface area contributed by atoms with Gasteiger partial charge in [-0.2, -0.15) is 0 Å². The molecule has 0 fully saturated rings. The molecule has 2 atom stereocenters. The van der Waals surface area contributed by atoms with Crippen molar-refractivity contribution in [3.63, 3.8) is 0 Å². The third-order valence-corrected chi connectivity index (χ3v) is 5.05. The second kappa shape index (κ2) is 10.5. The summed E-state index contributed by atoms with van der Waals surface area (Å²) in [5.74, 6) is -0.274. The van der Waals surface area contributed by atoms with E-state index in [0.29, 0.717) is 12.5 Å². The van der Waals surface area contributed by atoms with Gasteiger partial charge in [-0.25, -0.2) is 4.39 Å². The van der Waals surface area contributed by atoms with E-state index in [1.54, 1.807) is 12.1 Å². The topological polar surface area (TPSA) is 45.2 Å². The van der Waals surface area contributed by atoms with Crippen molar-refractivity contribution in [2.45, 2.75) is 51.8 Å². The van der Waals surface area contributed by atoms with Crippen LogP contribution in [0.5, 0.6) is 0 Å². The molecule has 0 aliphatic carbocycles. The van der Waals surface area contributed by atoms with Gasteiger partial charge in [0.2, 0.25) is 0 Å². The van der Waals surface area contributed by atoms with Gasteiger partial charge >= 0.3 is 0 Å². The molecule has 2 N–H and O–H groups in total. The Balaban J connectivity index is 0.00000280. The van der Waals surface area contributed by atoms with E-state index in [9.17, 15) is 9.50 Å². The first-order valence-corrected chi connectivity index (χ1v) is 9.53. The molecule has 0 amide bonds. The van der Waals surface area contributed by atoms with Crippen molar-refractivity contribution in [2.75, 3.05) is 0 Å². The highest BCUT2D eigenvalue weighted by Gasteiger charge is 2.09. The number of nitrogens with one attached hydrogen (secondary N) is 1. The molecule has 0 saturated heterocycles. The lowest BCUT2D eigenvalue weighted by Crippen LogP contribution is -2.25. The molecule has 0 saturated carbocycles. The molecular formula is C23H28ClFN2O. The van der Waals surface area contributed by atoms with Gasteiger partial charge < -0.3 is 10.4 Å². The number of aliphatic hydroxyl groups excluding tert-OH is 1. The van der Waals surface area contributed by atoms with Crippen molar-refractivity contribution in [3.05, 3.63) is 77.4 Å². The molecule has 3 aromatic rings. The van der Waals surface area contributed by atoms with Gasteiger partial charge in [-0.15, -0.1) is 12.4 Å². The second-order valence-corrected chi connectivity index (χ2v) is 7.29. The van der Waals surface area contributed by atoms with E-state index in [1.807, 2.05) is 12.4 Å². The van der Waals surface area contributed by atoms with E-state index >= 15 is 0 Å². The van der Waals surface area contributed by atoms with Crippen LogP contribution in [0.2, 0.25) is 0 Å². The van der Waals surface area contributed by atoms with Gasteiger partial charge in [-0.05, 0) is 73.4 Å². The predicted molar refractivity (Wildman–Crippen MR) is 115 cm³/mol. The van der Waals surface area contributed by atoms with Crippen LogP contribution in [0.3, 0.4) is 0 Å². The Hall–Kier alpha value is -2.01. The summed E-state index contributed by atoms with van der Waals surface area (Å²) in [6.07, 6.45) is 5.84. The van der Waals surface area contributed by atoms with Gasteiger partial charge in [-0.3, -0.25) is 4.98 Å². The van der Waals surface area contributed by atoms with E-state index in [-0.39, 0.29) is 18.2 Å². The van der Waals surface area contributed by atoms with E-state index < -0.39 is 6.10 Å². The number of hydrogen-bond acceptors (Lipinski definition) is 3. The molecule has 0 radical (unpaired) electrons. The number of halogens is 2. The molecular weight excluding hydrogens is 375 g/mol. The molecule has 5 heteroatoms. The molecule has 0 aliphatic rings. The Morgan fingerprint density at radius 1 is 1.07 bits per heavy atom. The minimum absolute atomic E-state index is 0. The zero-order valence-corrected chi connectivity index (χ0v) is 17.2. The first kappa shape index (κ1) is 22.3. The molecule has 1 unspecified atom stereocenters. The summed E-state index contributed by atoms with van der Waals surface area (Å²) in [7, 11) is 0. The molecule has 2 aromatic carbocycles. The van der Waals surface area contributed by atoms with Crippen LogP contribution in [0.1, 0.15) is 49.0 Å². The fourth-order valence-corrected chi connectivity index (χ4v) is 3.33. The van der Waals surface area contributed by atoms with Crippen molar-refractivity contribution in [1.29, 1.82) is 0 Å². The second-order valence-electron chi connectivity index (χ2n) is 7.29. The number of fused-ring (bicyclic) bond motifs is 1. The average Bonchev–Trinajstić information content (AvgIpc) is 2.67. The van der Waals surface area contributed by atoms with E-state index in [2.05, 4.69) is 42.3 Å². The summed E-state index contributed by atoms with van der Waals surface area (Å²) in [6.45, 7) is 5.07. The largest absolute Gasteiger partial charge is 0.388 e. The van der Waals surface area contributed by atoms with E-state index in [4.69, 9.17) is 0 Å². The highest BCUT2D eigenvalue weighted by molar-refractivity contribution is 5.85. The highest BCUT2D eigenvalue weighted by atomic mass is 35.5. The number of pyridine rings is 1. The van der Waals surface area contributed by atoms with E-state index in [0.717, 1.165) is 24.9 Å². The zero-order valence-electron chi connectivity index (χ0n) is 16.4. The Labute approximate surface area is 172 Å². The van der Waals surface area contributed by atoms with Crippen LogP contribution in [0.15, 0.2) is 54.9 Å². The maximum atomic E-state index is 12.9. The number of nitrogens with zero attached hydrogens (tertiary/aromatic N) is 1. The Kier molecular flexibility index (Phi) is 8.36. The van der Waals surface area contributed by atoms with Crippen LogP contribution in [-0.4, -0.2) is 16.1 Å². The number of aryl methyl sites for hydroxylation is 1. The summed E-state index contributed by atoms with van der Waals surface area (Å²) >= 11 is 0. The third-order valence-electron chi connectivity index (χ3n) is 5.05. The summed E-state index contributed by atoms with van der Waals surface area (Å²) in [4.78, 5) is 4.24. The summed E-state index contributed by atoms with van der Waals surface area (Å²) < 4.78 is 12.9. The molecule has 1 aromatic heterocycles. The SMILES string of the molecule is Cc1cncc2ccc(CN[C@H](C)CCCC(O)c3ccc(F)cc3)cc12.Cl. The van der Waals surface area contributed by atoms with Crippen molar-refractivity contribution < 1.29 is 9.50 Å². The number of benzene rings is 2. The molecule has 150 valence electrons. The smallest absolute Gasteiger partial charge is 0.123 e. The van der Waals surface area contributed by atoms with Crippen molar-refractivity contribution in [2.24, 2.45) is 0 Å². The monoisotopic (exact) mass is 402 g/mol. The lowest BCUT2D eigenvalue weighted by molar-refractivity contribution is 0.162. The Morgan fingerprint density at radius 3 is 2.57 bits per heavy atom. The zero-order chi connectivity index (χ0) is 19.2. The molecule has 3 nitrogen and oxygen atoms in total. The lowest BCUT2D eigenvalue weighted by Gasteiger charge is -2.16. The van der Waals surface area contributed by atoms with Crippen molar-refractivity contribution in [1.82, 2.24) is 10.3 Å². The molecule has 3 rings (SSSR count). The summed E-state index contributed by atoms with van der Waals surface area (Å²) in [5.41, 5.74) is 3.23. The maximum Gasteiger partial charge on any atom is 0.123 e. The number of aliphatic hydroxyl groups is 1. The molecule has 0 aliphatic heterocycles. The molecule has 0 spiro atoms. The van der Waals surface area contributed by atoms with Gasteiger partial charge in [0.25, 0.3) is 0 Å². The van der Waals surface area contributed by atoms with Crippen LogP contribution in [0.4, 0.5) is 4.39 Å². The maximum absolute atomic E-state index is 12.9. The van der Waals surface area contributed by atoms with E-state index in [1.165, 1.54) is 34.0 Å². The minimum atomic E-state index is -0.533. The fourth-order valence-electron chi connectivity index (χ4n) is 3.33. The number of rotatable bonds is 8. The number of aromatic nitrogens is 1. The average molecular weight is 403 g/mol. The van der Waals surface area contributed by atoms with Gasteiger partial charge in [0.05, 0.1) is 6.10 Å². The quantitative estimate of drug-likeness (QED) is 0.524. The summed E-state index contributed by atoms with van der Waals surface area (Å²) in [6, 6.07) is 12.9. The number of hydrogen-bond donors (Lipinski definition) is 2. The van der Waals surface area contributed by atoms with Gasteiger partial charge in [0, 0.05) is 30.4 Å². The lowest BCUT2D eigenvalue weighted by atomic mass is 10.0. The first-order chi connectivity index (χ1) is 13.0. The Morgan fingerprint density at radius 2 is 1.82 bits per heavy atom. The predicted octanol–water partition coefficient (Wildman–Crippen LogP) is 5.49. The summed E-state index contributed by atoms with van der Waals surface area (Å²) in [5, 5.41) is 16.2. The third kappa shape index (κ3) is 5.99. The first-order valence-electron chi connectivity index (χ1n) is 9.53. The van der Waals surface area contributed by atoms with Crippen LogP contribution in [0, 0.1) is 12.7 Å². The van der Waals surface area contributed by atoms with Crippen LogP contribution < -0.4 is 5.32 Å². The fraction of sp³-hybridized carbons (Fsp3) is 0.348. The van der Waals surface area contributed by atoms with Crippen LogP contribution in [-0.2, 0) is 6.54 Å². The van der Waals surface area contributed by atoms with Gasteiger partial charge in [0.1, 0.15) is 5.82 Å². The highest BCUT2D eigenvalue weighted by Crippen LogP contribution is 2.21. The molecule has 28 heavy (non-hydrogen) atoms. The molecule has 0 bridgehead atoms.